The van der Waals surface area contributed by atoms with E-state index in [0.717, 1.165) is 10.9 Å². The van der Waals surface area contributed by atoms with Crippen LogP contribution in [-0.2, 0) is 0 Å². The summed E-state index contributed by atoms with van der Waals surface area (Å²) in [4.78, 5) is 4.28. The topological polar surface area (TPSA) is 50.9 Å². The molecular formula is C15H16FN3. The SMILES string of the molecule is C=Cc1nc(N)c2cc(F)ccc2c1C(C=C)NC. The van der Waals surface area contributed by atoms with Gasteiger partial charge in [0.15, 0.2) is 0 Å². The van der Waals surface area contributed by atoms with Gasteiger partial charge in [0.1, 0.15) is 11.6 Å². The summed E-state index contributed by atoms with van der Waals surface area (Å²) in [7, 11) is 1.82. The molecule has 2 aromatic rings. The zero-order valence-corrected chi connectivity index (χ0v) is 10.8. The number of nitrogens with zero attached hydrogens (tertiary/aromatic N) is 1. The van der Waals surface area contributed by atoms with Gasteiger partial charge in [-0.3, -0.25) is 0 Å². The first-order valence-corrected chi connectivity index (χ1v) is 5.93. The third kappa shape index (κ3) is 2.22. The van der Waals surface area contributed by atoms with E-state index in [4.69, 9.17) is 5.73 Å². The van der Waals surface area contributed by atoms with Crippen LogP contribution in [-0.4, -0.2) is 12.0 Å². The van der Waals surface area contributed by atoms with Crippen molar-refractivity contribution in [2.45, 2.75) is 6.04 Å². The molecule has 1 heterocycles. The van der Waals surface area contributed by atoms with E-state index < -0.39 is 0 Å². The number of aromatic nitrogens is 1. The van der Waals surface area contributed by atoms with Crippen molar-refractivity contribution in [3.8, 4) is 0 Å². The molecule has 0 saturated carbocycles. The number of likely N-dealkylation sites (N-methyl/N-ethyl adjacent to an activating group) is 1. The molecule has 0 saturated heterocycles. The first-order chi connectivity index (χ1) is 9.12. The van der Waals surface area contributed by atoms with Crippen molar-refractivity contribution in [2.75, 3.05) is 12.8 Å². The van der Waals surface area contributed by atoms with Gasteiger partial charge in [-0.25, -0.2) is 9.37 Å². The molecule has 19 heavy (non-hydrogen) atoms. The van der Waals surface area contributed by atoms with Gasteiger partial charge in [-0.2, -0.15) is 0 Å². The number of rotatable bonds is 4. The average Bonchev–Trinajstić information content (AvgIpc) is 2.42. The van der Waals surface area contributed by atoms with E-state index in [9.17, 15) is 4.39 Å². The number of hydrogen-bond donors (Lipinski definition) is 2. The van der Waals surface area contributed by atoms with Crippen LogP contribution < -0.4 is 11.1 Å². The molecule has 3 N–H and O–H groups in total. The normalized spacial score (nSPS) is 12.3. The van der Waals surface area contributed by atoms with Gasteiger partial charge in [0.2, 0.25) is 0 Å². The maximum atomic E-state index is 13.4. The van der Waals surface area contributed by atoms with E-state index in [1.165, 1.54) is 12.1 Å². The molecule has 0 spiro atoms. The molecule has 0 bridgehead atoms. The molecule has 0 aliphatic carbocycles. The zero-order valence-electron chi connectivity index (χ0n) is 10.8. The minimum Gasteiger partial charge on any atom is -0.383 e. The van der Waals surface area contributed by atoms with Crippen molar-refractivity contribution in [3.05, 3.63) is 54.5 Å². The monoisotopic (exact) mass is 257 g/mol. The highest BCUT2D eigenvalue weighted by molar-refractivity contribution is 5.95. The third-order valence-corrected chi connectivity index (χ3v) is 3.12. The Morgan fingerprint density at radius 3 is 2.68 bits per heavy atom. The summed E-state index contributed by atoms with van der Waals surface area (Å²) in [6, 6.07) is 4.41. The van der Waals surface area contributed by atoms with Crippen LogP contribution in [0, 0.1) is 5.82 Å². The number of nitrogens with one attached hydrogen (secondary N) is 1. The lowest BCUT2D eigenvalue weighted by molar-refractivity contribution is 0.629. The lowest BCUT2D eigenvalue weighted by Gasteiger charge is -2.18. The quantitative estimate of drug-likeness (QED) is 0.828. The van der Waals surface area contributed by atoms with Crippen LogP contribution in [0.5, 0.6) is 0 Å². The summed E-state index contributed by atoms with van der Waals surface area (Å²) in [6.07, 6.45) is 3.41. The first-order valence-electron chi connectivity index (χ1n) is 5.93. The van der Waals surface area contributed by atoms with Gasteiger partial charge in [-0.1, -0.05) is 18.7 Å². The zero-order chi connectivity index (χ0) is 14.0. The van der Waals surface area contributed by atoms with E-state index in [2.05, 4.69) is 23.5 Å². The first kappa shape index (κ1) is 13.2. The molecule has 2 rings (SSSR count). The second-order valence-electron chi connectivity index (χ2n) is 4.19. The predicted molar refractivity (Wildman–Crippen MR) is 78.2 cm³/mol. The predicted octanol–water partition coefficient (Wildman–Crippen LogP) is 3.05. The number of anilines is 1. The van der Waals surface area contributed by atoms with Crippen LogP contribution in [0.4, 0.5) is 10.2 Å². The Morgan fingerprint density at radius 2 is 2.11 bits per heavy atom. The third-order valence-electron chi connectivity index (χ3n) is 3.12. The Morgan fingerprint density at radius 1 is 1.37 bits per heavy atom. The van der Waals surface area contributed by atoms with E-state index in [-0.39, 0.29) is 11.9 Å². The second kappa shape index (κ2) is 5.20. The highest BCUT2D eigenvalue weighted by Gasteiger charge is 2.16. The Bertz CT molecular complexity index is 649. The number of nitrogen functional groups attached to an aromatic ring is 1. The van der Waals surface area contributed by atoms with Gasteiger partial charge >= 0.3 is 0 Å². The molecule has 1 atom stereocenters. The maximum Gasteiger partial charge on any atom is 0.132 e. The molecule has 0 radical (unpaired) electrons. The second-order valence-corrected chi connectivity index (χ2v) is 4.19. The molecule has 0 aliphatic rings. The molecule has 0 amide bonds. The number of halogens is 1. The van der Waals surface area contributed by atoms with E-state index >= 15 is 0 Å². The largest absolute Gasteiger partial charge is 0.383 e. The summed E-state index contributed by atoms with van der Waals surface area (Å²) >= 11 is 0. The van der Waals surface area contributed by atoms with Gasteiger partial charge < -0.3 is 11.1 Å². The molecule has 0 aliphatic heterocycles. The van der Waals surface area contributed by atoms with Crippen molar-refractivity contribution >= 4 is 22.7 Å². The van der Waals surface area contributed by atoms with Crippen LogP contribution in [0.2, 0.25) is 0 Å². The molecule has 1 aromatic carbocycles. The van der Waals surface area contributed by atoms with E-state index in [1.807, 2.05) is 7.05 Å². The van der Waals surface area contributed by atoms with Gasteiger partial charge in [-0.05, 0) is 30.6 Å². The Labute approximate surface area is 111 Å². The number of pyridine rings is 1. The Kier molecular flexibility index (Phi) is 3.62. The Balaban J connectivity index is 2.89. The van der Waals surface area contributed by atoms with Gasteiger partial charge in [0.25, 0.3) is 0 Å². The van der Waals surface area contributed by atoms with Crippen LogP contribution in [0.25, 0.3) is 16.8 Å². The standard InChI is InChI=1S/C15H16FN3/c1-4-12(18-3)14-10-7-6-9(16)8-11(10)15(17)19-13(14)5-2/h4-8,12,18H,1-2H2,3H3,(H2,17,19). The Hall–Kier alpha value is -2.20. The molecule has 4 heteroatoms. The summed E-state index contributed by atoms with van der Waals surface area (Å²) in [6.45, 7) is 7.55. The number of hydrogen-bond acceptors (Lipinski definition) is 3. The highest BCUT2D eigenvalue weighted by Crippen LogP contribution is 2.31. The van der Waals surface area contributed by atoms with Crippen molar-refractivity contribution in [3.63, 3.8) is 0 Å². The highest BCUT2D eigenvalue weighted by atomic mass is 19.1. The lowest BCUT2D eigenvalue weighted by atomic mass is 9.97. The van der Waals surface area contributed by atoms with Crippen LogP contribution >= 0.6 is 0 Å². The van der Waals surface area contributed by atoms with Crippen LogP contribution in [0.1, 0.15) is 17.3 Å². The number of fused-ring (bicyclic) bond motifs is 1. The number of benzene rings is 1. The minimum atomic E-state index is -0.335. The summed E-state index contributed by atoms with van der Waals surface area (Å²) in [5, 5.41) is 4.58. The molecule has 1 unspecified atom stereocenters. The lowest BCUT2D eigenvalue weighted by Crippen LogP contribution is -2.16. The van der Waals surface area contributed by atoms with Crippen LogP contribution in [0.15, 0.2) is 37.4 Å². The summed E-state index contributed by atoms with van der Waals surface area (Å²) in [5.74, 6) is -0.0371. The van der Waals surface area contributed by atoms with E-state index in [1.54, 1.807) is 18.2 Å². The summed E-state index contributed by atoms with van der Waals surface area (Å²) < 4.78 is 13.4. The molecule has 3 nitrogen and oxygen atoms in total. The molecular weight excluding hydrogens is 241 g/mol. The van der Waals surface area contributed by atoms with Gasteiger partial charge in [0, 0.05) is 10.9 Å². The van der Waals surface area contributed by atoms with Crippen molar-refractivity contribution in [2.24, 2.45) is 0 Å². The van der Waals surface area contributed by atoms with Crippen LogP contribution in [0.3, 0.4) is 0 Å². The fraction of sp³-hybridized carbons (Fsp3) is 0.133. The fourth-order valence-corrected chi connectivity index (χ4v) is 2.21. The van der Waals surface area contributed by atoms with Crippen molar-refractivity contribution < 1.29 is 4.39 Å². The summed E-state index contributed by atoms with van der Waals surface area (Å²) in [5.41, 5.74) is 7.46. The van der Waals surface area contributed by atoms with Crippen molar-refractivity contribution in [1.82, 2.24) is 10.3 Å². The maximum absolute atomic E-state index is 13.4. The molecule has 0 fully saturated rings. The van der Waals surface area contributed by atoms with Crippen molar-refractivity contribution in [1.29, 1.82) is 0 Å². The average molecular weight is 257 g/mol. The number of nitrogens with two attached hydrogens (primary N) is 1. The van der Waals surface area contributed by atoms with E-state index in [0.29, 0.717) is 16.9 Å². The minimum absolute atomic E-state index is 0.103. The molecule has 98 valence electrons. The van der Waals surface area contributed by atoms with Gasteiger partial charge in [-0.15, -0.1) is 6.58 Å². The smallest absolute Gasteiger partial charge is 0.132 e. The fourth-order valence-electron chi connectivity index (χ4n) is 2.21. The molecule has 1 aromatic heterocycles. The van der Waals surface area contributed by atoms with Gasteiger partial charge in [0.05, 0.1) is 11.7 Å².